The van der Waals surface area contributed by atoms with Crippen LogP contribution in [-0.4, -0.2) is 9.97 Å². The Bertz CT molecular complexity index is 428. The van der Waals surface area contributed by atoms with Crippen molar-refractivity contribution >= 4 is 33.4 Å². The van der Waals surface area contributed by atoms with E-state index < -0.39 is 0 Å². The van der Waals surface area contributed by atoms with Crippen LogP contribution in [-0.2, 0) is 0 Å². The van der Waals surface area contributed by atoms with Crippen LogP contribution in [0.5, 0.6) is 0 Å². The molecule has 0 saturated heterocycles. The molecule has 3 N–H and O–H groups in total. The van der Waals surface area contributed by atoms with Gasteiger partial charge in [-0.1, -0.05) is 15.9 Å². The van der Waals surface area contributed by atoms with Gasteiger partial charge in [-0.05, 0) is 30.0 Å². The van der Waals surface area contributed by atoms with Gasteiger partial charge in [0.2, 0.25) is 0 Å². The number of aromatic amines is 1. The molecule has 2 aromatic rings. The number of anilines is 1. The number of imidazole rings is 1. The van der Waals surface area contributed by atoms with Gasteiger partial charge in [-0.2, -0.15) is 0 Å². The quantitative estimate of drug-likeness (QED) is 0.825. The van der Waals surface area contributed by atoms with Crippen LogP contribution in [0.25, 0.3) is 0 Å². The molecule has 0 saturated carbocycles. The van der Waals surface area contributed by atoms with Crippen molar-refractivity contribution in [2.75, 3.05) is 5.73 Å². The van der Waals surface area contributed by atoms with Gasteiger partial charge >= 0.3 is 0 Å². The fourth-order valence-corrected chi connectivity index (χ4v) is 2.16. The highest BCUT2D eigenvalue weighted by molar-refractivity contribution is 9.10. The summed E-state index contributed by atoms with van der Waals surface area (Å²) >= 11 is 4.88. The number of hydrogen-bond acceptors (Lipinski definition) is 3. The van der Waals surface area contributed by atoms with Gasteiger partial charge in [-0.25, -0.2) is 4.98 Å². The SMILES string of the molecule is Nc1cc(Br)ccc1Sc1ncc[nH]1. The fraction of sp³-hybridized carbons (Fsp3) is 0. The van der Waals surface area contributed by atoms with E-state index in [0.717, 1.165) is 20.2 Å². The molecule has 1 heterocycles. The van der Waals surface area contributed by atoms with Crippen LogP contribution in [0.15, 0.2) is 45.1 Å². The number of nitrogens with one attached hydrogen (secondary N) is 1. The largest absolute Gasteiger partial charge is 0.398 e. The van der Waals surface area contributed by atoms with Gasteiger partial charge in [0.25, 0.3) is 0 Å². The van der Waals surface area contributed by atoms with Gasteiger partial charge in [-0.15, -0.1) is 0 Å². The van der Waals surface area contributed by atoms with Gasteiger partial charge in [-0.3, -0.25) is 0 Å². The highest BCUT2D eigenvalue weighted by Gasteiger charge is 2.03. The first-order valence-corrected chi connectivity index (χ1v) is 5.59. The summed E-state index contributed by atoms with van der Waals surface area (Å²) in [6.07, 6.45) is 3.51. The third-order valence-electron chi connectivity index (χ3n) is 1.65. The lowest BCUT2D eigenvalue weighted by atomic mass is 10.3. The van der Waals surface area contributed by atoms with Crippen LogP contribution in [0.1, 0.15) is 0 Å². The molecule has 14 heavy (non-hydrogen) atoms. The first-order chi connectivity index (χ1) is 6.75. The van der Waals surface area contributed by atoms with Crippen molar-refractivity contribution in [3.63, 3.8) is 0 Å². The van der Waals surface area contributed by atoms with E-state index in [9.17, 15) is 0 Å². The predicted octanol–water partition coefficient (Wildman–Crippen LogP) is 2.91. The van der Waals surface area contributed by atoms with E-state index in [1.807, 2.05) is 18.2 Å². The van der Waals surface area contributed by atoms with E-state index in [0.29, 0.717) is 0 Å². The maximum Gasteiger partial charge on any atom is 0.170 e. The molecular formula is C9H8BrN3S. The maximum atomic E-state index is 5.85. The van der Waals surface area contributed by atoms with E-state index in [1.165, 1.54) is 11.8 Å². The van der Waals surface area contributed by atoms with E-state index in [2.05, 4.69) is 25.9 Å². The first kappa shape index (κ1) is 9.61. The van der Waals surface area contributed by atoms with Crippen molar-refractivity contribution in [1.82, 2.24) is 9.97 Å². The van der Waals surface area contributed by atoms with Crippen LogP contribution in [0.3, 0.4) is 0 Å². The molecule has 1 aromatic carbocycles. The highest BCUT2D eigenvalue weighted by atomic mass is 79.9. The van der Waals surface area contributed by atoms with E-state index in [-0.39, 0.29) is 0 Å². The van der Waals surface area contributed by atoms with Crippen LogP contribution in [0, 0.1) is 0 Å². The summed E-state index contributed by atoms with van der Waals surface area (Å²) in [6, 6.07) is 5.81. The van der Waals surface area contributed by atoms with Gasteiger partial charge < -0.3 is 10.7 Å². The molecule has 0 aliphatic carbocycles. The minimum Gasteiger partial charge on any atom is -0.398 e. The molecule has 0 spiro atoms. The average Bonchev–Trinajstić information content (AvgIpc) is 2.62. The third-order valence-corrected chi connectivity index (χ3v) is 3.15. The summed E-state index contributed by atoms with van der Waals surface area (Å²) in [4.78, 5) is 8.13. The number of hydrogen-bond donors (Lipinski definition) is 2. The predicted molar refractivity (Wildman–Crippen MR) is 61.3 cm³/mol. The molecule has 0 unspecified atom stereocenters. The Morgan fingerprint density at radius 2 is 2.29 bits per heavy atom. The number of nitrogens with zero attached hydrogens (tertiary/aromatic N) is 1. The number of rotatable bonds is 2. The molecule has 2 rings (SSSR count). The minimum atomic E-state index is 0.751. The van der Waals surface area contributed by atoms with Crippen molar-refractivity contribution in [3.05, 3.63) is 35.1 Å². The number of nitrogens with two attached hydrogens (primary N) is 1. The van der Waals surface area contributed by atoms with Crippen molar-refractivity contribution in [2.24, 2.45) is 0 Å². The third kappa shape index (κ3) is 2.10. The first-order valence-electron chi connectivity index (χ1n) is 3.98. The van der Waals surface area contributed by atoms with Gasteiger partial charge in [0, 0.05) is 27.4 Å². The Hall–Kier alpha value is -0.940. The van der Waals surface area contributed by atoms with Crippen LogP contribution in [0.2, 0.25) is 0 Å². The van der Waals surface area contributed by atoms with Gasteiger partial charge in [0.1, 0.15) is 0 Å². The van der Waals surface area contributed by atoms with Crippen molar-refractivity contribution < 1.29 is 0 Å². The molecule has 0 aliphatic heterocycles. The molecule has 0 atom stereocenters. The lowest BCUT2D eigenvalue weighted by Crippen LogP contribution is -1.88. The summed E-state index contributed by atoms with van der Waals surface area (Å²) < 4.78 is 0.985. The second kappa shape index (κ2) is 4.06. The molecule has 0 radical (unpaired) electrons. The van der Waals surface area contributed by atoms with Crippen molar-refractivity contribution in [3.8, 4) is 0 Å². The topological polar surface area (TPSA) is 54.7 Å². The summed E-state index contributed by atoms with van der Waals surface area (Å²) in [6.45, 7) is 0. The molecule has 0 bridgehead atoms. The van der Waals surface area contributed by atoms with Crippen molar-refractivity contribution in [1.29, 1.82) is 0 Å². The molecule has 5 heteroatoms. The fourth-order valence-electron chi connectivity index (χ4n) is 1.02. The molecule has 3 nitrogen and oxygen atoms in total. The zero-order valence-corrected chi connectivity index (χ0v) is 9.60. The lowest BCUT2D eigenvalue weighted by Gasteiger charge is -2.02. The zero-order chi connectivity index (χ0) is 9.97. The molecule has 0 aliphatic rings. The van der Waals surface area contributed by atoms with Crippen LogP contribution >= 0.6 is 27.7 Å². The summed E-state index contributed by atoms with van der Waals surface area (Å²) in [5.41, 5.74) is 6.60. The van der Waals surface area contributed by atoms with Gasteiger partial charge in [0.15, 0.2) is 5.16 Å². The summed E-state index contributed by atoms with van der Waals surface area (Å²) in [7, 11) is 0. The Kier molecular flexibility index (Phi) is 2.79. The average molecular weight is 270 g/mol. The van der Waals surface area contributed by atoms with E-state index in [1.54, 1.807) is 12.4 Å². The van der Waals surface area contributed by atoms with E-state index in [4.69, 9.17) is 5.73 Å². The number of halogens is 1. The van der Waals surface area contributed by atoms with Crippen molar-refractivity contribution in [2.45, 2.75) is 10.1 Å². The molecule has 0 fully saturated rings. The smallest absolute Gasteiger partial charge is 0.170 e. The second-order valence-corrected chi connectivity index (χ2v) is 4.62. The second-order valence-electron chi connectivity index (χ2n) is 2.68. The number of nitrogen functional groups attached to an aromatic ring is 1. The van der Waals surface area contributed by atoms with Crippen LogP contribution in [0.4, 0.5) is 5.69 Å². The number of aromatic nitrogens is 2. The standard InChI is InChI=1S/C9H8BrN3S/c10-6-1-2-8(7(11)5-6)14-9-12-3-4-13-9/h1-5H,11H2,(H,12,13). The molecular weight excluding hydrogens is 262 g/mol. The summed E-state index contributed by atoms with van der Waals surface area (Å²) in [5.74, 6) is 0. The van der Waals surface area contributed by atoms with E-state index >= 15 is 0 Å². The Morgan fingerprint density at radius 1 is 1.43 bits per heavy atom. The Balaban J connectivity index is 2.25. The molecule has 1 aromatic heterocycles. The molecule has 72 valence electrons. The maximum absolute atomic E-state index is 5.85. The summed E-state index contributed by atoms with van der Waals surface area (Å²) in [5, 5.41) is 0.846. The Labute approximate surface area is 94.2 Å². The highest BCUT2D eigenvalue weighted by Crippen LogP contribution is 2.31. The normalized spacial score (nSPS) is 10.4. The molecule has 0 amide bonds. The van der Waals surface area contributed by atoms with Gasteiger partial charge in [0.05, 0.1) is 0 Å². The number of benzene rings is 1. The monoisotopic (exact) mass is 269 g/mol. The number of H-pyrrole nitrogens is 1. The minimum absolute atomic E-state index is 0.751. The van der Waals surface area contributed by atoms with Crippen LogP contribution < -0.4 is 5.73 Å². The zero-order valence-electron chi connectivity index (χ0n) is 7.20. The Morgan fingerprint density at radius 3 is 2.93 bits per heavy atom. The lowest BCUT2D eigenvalue weighted by molar-refractivity contribution is 1.06.